The summed E-state index contributed by atoms with van der Waals surface area (Å²) in [5, 5.41) is 4.39. The molecule has 3 rings (SSSR count). The number of likely N-dealkylation sites (tertiary alicyclic amines) is 1. The molecule has 0 unspecified atom stereocenters. The molecular weight excluding hydrogens is 250 g/mol. The molecule has 1 aromatic rings. The second kappa shape index (κ2) is 5.86. The summed E-state index contributed by atoms with van der Waals surface area (Å²) in [6, 6.07) is 2.08. The van der Waals surface area contributed by atoms with Crippen molar-refractivity contribution in [3.63, 3.8) is 0 Å². The zero-order valence-corrected chi connectivity index (χ0v) is 12.8. The molecule has 0 radical (unpaired) electrons. The van der Waals surface area contributed by atoms with Crippen molar-refractivity contribution in [3.8, 4) is 0 Å². The summed E-state index contributed by atoms with van der Waals surface area (Å²) in [6.07, 6.45) is 8.98. The molecule has 2 atom stereocenters. The van der Waals surface area contributed by atoms with Crippen molar-refractivity contribution in [2.45, 2.75) is 51.7 Å². The van der Waals surface area contributed by atoms with E-state index in [0.29, 0.717) is 11.5 Å². The quantitative estimate of drug-likeness (QED) is 0.847. The number of piperidine rings is 1. The summed E-state index contributed by atoms with van der Waals surface area (Å²) in [4.78, 5) is 2.63. The van der Waals surface area contributed by atoms with Crippen LogP contribution >= 0.6 is 0 Å². The Labute approximate surface area is 122 Å². The summed E-state index contributed by atoms with van der Waals surface area (Å²) >= 11 is 0. The summed E-state index contributed by atoms with van der Waals surface area (Å²) in [6.45, 7) is 6.69. The topological polar surface area (TPSA) is 30.3 Å². The van der Waals surface area contributed by atoms with Crippen molar-refractivity contribution in [2.75, 3.05) is 26.7 Å². The maximum absolute atomic E-state index is 5.78. The van der Waals surface area contributed by atoms with Gasteiger partial charge in [0.25, 0.3) is 0 Å². The maximum atomic E-state index is 5.78. The van der Waals surface area contributed by atoms with E-state index >= 15 is 0 Å². The van der Waals surface area contributed by atoms with Crippen LogP contribution in [0.2, 0.25) is 0 Å². The highest BCUT2D eigenvalue weighted by atomic mass is 16.5. The van der Waals surface area contributed by atoms with Crippen molar-refractivity contribution in [1.82, 2.24) is 14.7 Å². The Morgan fingerprint density at radius 3 is 2.95 bits per heavy atom. The number of aromatic nitrogens is 2. The van der Waals surface area contributed by atoms with Crippen molar-refractivity contribution >= 4 is 0 Å². The predicted molar refractivity (Wildman–Crippen MR) is 79.7 cm³/mol. The van der Waals surface area contributed by atoms with Crippen LogP contribution in [-0.2, 0) is 11.3 Å². The van der Waals surface area contributed by atoms with Crippen LogP contribution in [0.15, 0.2) is 12.3 Å². The molecule has 4 nitrogen and oxygen atoms in total. The average molecular weight is 277 g/mol. The molecule has 1 aliphatic carbocycles. The van der Waals surface area contributed by atoms with Crippen LogP contribution in [0.25, 0.3) is 0 Å². The predicted octanol–water partition coefficient (Wildman–Crippen LogP) is 2.47. The Bertz CT molecular complexity index is 445. The first-order valence-electron chi connectivity index (χ1n) is 7.97. The number of hydrogen-bond acceptors (Lipinski definition) is 3. The lowest BCUT2D eigenvalue weighted by atomic mass is 9.76. The fraction of sp³-hybridized carbons (Fsp3) is 0.812. The fourth-order valence-corrected chi connectivity index (χ4v) is 4.26. The third kappa shape index (κ3) is 2.63. The van der Waals surface area contributed by atoms with Gasteiger partial charge in [0.1, 0.15) is 0 Å². The molecule has 1 saturated carbocycles. The number of hydrogen-bond donors (Lipinski definition) is 0. The van der Waals surface area contributed by atoms with E-state index in [1.807, 2.05) is 13.3 Å². The van der Waals surface area contributed by atoms with Gasteiger partial charge in [-0.05, 0) is 45.2 Å². The SMILES string of the molecule is CO[C@@H]1CCC[C@@]12CCCN(CCn1nccc1C)C2. The minimum absolute atomic E-state index is 0.437. The third-order valence-electron chi connectivity index (χ3n) is 5.35. The maximum Gasteiger partial charge on any atom is 0.0639 e. The molecule has 4 heteroatoms. The summed E-state index contributed by atoms with van der Waals surface area (Å²) in [7, 11) is 1.89. The van der Waals surface area contributed by atoms with Crippen LogP contribution in [-0.4, -0.2) is 47.5 Å². The van der Waals surface area contributed by atoms with Gasteiger partial charge in [-0.25, -0.2) is 0 Å². The second-order valence-electron chi connectivity index (χ2n) is 6.55. The van der Waals surface area contributed by atoms with Gasteiger partial charge in [0, 0.05) is 37.5 Å². The van der Waals surface area contributed by atoms with Gasteiger partial charge in [-0.3, -0.25) is 4.68 Å². The van der Waals surface area contributed by atoms with Crippen LogP contribution in [0.3, 0.4) is 0 Å². The van der Waals surface area contributed by atoms with Crippen LogP contribution in [0, 0.1) is 12.3 Å². The van der Waals surface area contributed by atoms with E-state index in [0.717, 1.165) is 13.1 Å². The zero-order valence-electron chi connectivity index (χ0n) is 12.8. The van der Waals surface area contributed by atoms with Gasteiger partial charge in [-0.2, -0.15) is 5.10 Å². The molecule has 112 valence electrons. The van der Waals surface area contributed by atoms with Gasteiger partial charge in [0.2, 0.25) is 0 Å². The number of aryl methyl sites for hydroxylation is 1. The third-order valence-corrected chi connectivity index (χ3v) is 5.35. The Hall–Kier alpha value is -0.870. The van der Waals surface area contributed by atoms with E-state index in [2.05, 4.69) is 27.7 Å². The molecule has 0 bridgehead atoms. The van der Waals surface area contributed by atoms with Crippen LogP contribution in [0.5, 0.6) is 0 Å². The molecule has 1 aromatic heterocycles. The van der Waals surface area contributed by atoms with E-state index in [1.54, 1.807) is 0 Å². The molecule has 2 aliphatic rings. The van der Waals surface area contributed by atoms with Crippen molar-refractivity contribution in [1.29, 1.82) is 0 Å². The lowest BCUT2D eigenvalue weighted by Crippen LogP contribution is -2.48. The molecule has 1 aliphatic heterocycles. The van der Waals surface area contributed by atoms with Crippen molar-refractivity contribution < 1.29 is 4.74 Å². The zero-order chi connectivity index (χ0) is 14.0. The largest absolute Gasteiger partial charge is 0.381 e. The number of nitrogens with zero attached hydrogens (tertiary/aromatic N) is 3. The smallest absolute Gasteiger partial charge is 0.0639 e. The van der Waals surface area contributed by atoms with E-state index < -0.39 is 0 Å². The number of ether oxygens (including phenoxy) is 1. The van der Waals surface area contributed by atoms with Gasteiger partial charge in [0.05, 0.1) is 12.6 Å². The highest BCUT2D eigenvalue weighted by Crippen LogP contribution is 2.46. The Morgan fingerprint density at radius 2 is 2.20 bits per heavy atom. The van der Waals surface area contributed by atoms with Gasteiger partial charge in [-0.1, -0.05) is 6.42 Å². The van der Waals surface area contributed by atoms with E-state index in [-0.39, 0.29) is 0 Å². The first-order valence-corrected chi connectivity index (χ1v) is 7.97. The summed E-state index contributed by atoms with van der Waals surface area (Å²) in [5.41, 5.74) is 1.69. The Morgan fingerprint density at radius 1 is 1.35 bits per heavy atom. The highest BCUT2D eigenvalue weighted by Gasteiger charge is 2.45. The molecule has 0 amide bonds. The first-order chi connectivity index (χ1) is 9.73. The molecule has 0 aromatic carbocycles. The highest BCUT2D eigenvalue weighted by molar-refractivity contribution is 4.98. The van der Waals surface area contributed by atoms with Crippen LogP contribution < -0.4 is 0 Å². The van der Waals surface area contributed by atoms with Crippen molar-refractivity contribution in [2.24, 2.45) is 5.41 Å². The average Bonchev–Trinajstić information content (AvgIpc) is 3.03. The second-order valence-corrected chi connectivity index (χ2v) is 6.55. The molecule has 1 saturated heterocycles. The van der Waals surface area contributed by atoms with E-state index in [9.17, 15) is 0 Å². The van der Waals surface area contributed by atoms with Gasteiger partial charge >= 0.3 is 0 Å². The molecule has 20 heavy (non-hydrogen) atoms. The van der Waals surface area contributed by atoms with Crippen molar-refractivity contribution in [3.05, 3.63) is 18.0 Å². The first kappa shape index (κ1) is 14.1. The normalized spacial score (nSPS) is 31.2. The molecule has 1 spiro atoms. The monoisotopic (exact) mass is 277 g/mol. The minimum Gasteiger partial charge on any atom is -0.381 e. The molecule has 2 heterocycles. The summed E-state index contributed by atoms with van der Waals surface area (Å²) in [5.74, 6) is 0. The molecule has 0 N–H and O–H groups in total. The van der Waals surface area contributed by atoms with Gasteiger partial charge in [-0.15, -0.1) is 0 Å². The van der Waals surface area contributed by atoms with Gasteiger partial charge < -0.3 is 9.64 Å². The summed E-state index contributed by atoms with van der Waals surface area (Å²) < 4.78 is 7.89. The molecular formula is C16H27N3O. The number of methoxy groups -OCH3 is 1. The molecule has 2 fully saturated rings. The number of rotatable bonds is 4. The minimum atomic E-state index is 0.437. The Kier molecular flexibility index (Phi) is 4.13. The van der Waals surface area contributed by atoms with Gasteiger partial charge in [0.15, 0.2) is 0 Å². The van der Waals surface area contributed by atoms with E-state index in [1.165, 1.54) is 50.9 Å². The lowest BCUT2D eigenvalue weighted by Gasteiger charge is -2.43. The van der Waals surface area contributed by atoms with Crippen LogP contribution in [0.1, 0.15) is 37.8 Å². The Balaban J connectivity index is 1.59. The lowest BCUT2D eigenvalue weighted by molar-refractivity contribution is -0.0354. The fourth-order valence-electron chi connectivity index (χ4n) is 4.26. The van der Waals surface area contributed by atoms with E-state index in [4.69, 9.17) is 4.74 Å². The van der Waals surface area contributed by atoms with Crippen LogP contribution in [0.4, 0.5) is 0 Å². The standard InChI is InChI=1S/C16H27N3O/c1-14-6-9-17-19(14)12-11-18-10-4-8-16(13-18)7-3-5-15(16)20-2/h6,9,15H,3-5,7-8,10-13H2,1-2H3/t15-,16+/m1/s1.